The average molecular weight is 324 g/mol. The van der Waals surface area contributed by atoms with Gasteiger partial charge in [-0.2, -0.15) is 4.98 Å². The summed E-state index contributed by atoms with van der Waals surface area (Å²) in [6.07, 6.45) is 0. The Morgan fingerprint density at radius 3 is 2.71 bits per heavy atom. The van der Waals surface area contributed by atoms with Crippen LogP contribution in [0.5, 0.6) is 0 Å². The molecule has 0 unspecified atom stereocenters. The Morgan fingerprint density at radius 1 is 1.12 bits per heavy atom. The molecular weight excluding hydrogens is 304 g/mol. The van der Waals surface area contributed by atoms with Crippen LogP contribution < -0.4 is 0 Å². The molecule has 0 fully saturated rings. The molecule has 4 rings (SSSR count). The molecule has 0 saturated heterocycles. The lowest BCUT2D eigenvalue weighted by Gasteiger charge is -2.26. The molecule has 7 heteroatoms. The molecule has 0 radical (unpaired) electrons. The summed E-state index contributed by atoms with van der Waals surface area (Å²) < 4.78 is 7.47. The van der Waals surface area contributed by atoms with Gasteiger partial charge in [0.25, 0.3) is 0 Å². The fraction of sp³-hybridized carbons (Fsp3) is 0.412. The molecule has 24 heavy (non-hydrogen) atoms. The maximum Gasteiger partial charge on any atom is 0.229 e. The van der Waals surface area contributed by atoms with Crippen LogP contribution in [0.2, 0.25) is 0 Å². The Labute approximate surface area is 140 Å². The van der Waals surface area contributed by atoms with E-state index in [2.05, 4.69) is 41.9 Å². The predicted octanol–water partition coefficient (Wildman–Crippen LogP) is 2.47. The highest BCUT2D eigenvalue weighted by Gasteiger charge is 2.23. The van der Waals surface area contributed by atoms with Gasteiger partial charge >= 0.3 is 0 Å². The Hall–Kier alpha value is -2.54. The van der Waals surface area contributed by atoms with Gasteiger partial charge in [-0.15, -0.1) is 10.2 Å². The number of benzene rings is 1. The molecule has 3 heterocycles. The third-order valence-electron chi connectivity index (χ3n) is 4.21. The maximum absolute atomic E-state index is 5.28. The number of fused-ring (bicyclic) bond motifs is 1. The molecule has 2 aromatic heterocycles. The molecule has 3 aromatic rings. The lowest BCUT2D eigenvalue weighted by atomic mass is 10.2. The van der Waals surface area contributed by atoms with Crippen LogP contribution in [0.15, 0.2) is 34.9 Å². The molecule has 124 valence electrons. The number of aromatic nitrogens is 5. The zero-order valence-electron chi connectivity index (χ0n) is 13.9. The van der Waals surface area contributed by atoms with Gasteiger partial charge in [-0.3, -0.25) is 4.90 Å². The van der Waals surface area contributed by atoms with Crippen molar-refractivity contribution in [3.8, 4) is 11.4 Å². The van der Waals surface area contributed by atoms with Crippen molar-refractivity contribution in [2.75, 3.05) is 6.54 Å². The molecule has 0 bridgehead atoms. The first-order chi connectivity index (χ1) is 11.7. The summed E-state index contributed by atoms with van der Waals surface area (Å²) in [6, 6.07) is 10.2. The third-order valence-corrected chi connectivity index (χ3v) is 4.21. The number of nitrogens with zero attached hydrogens (tertiary/aromatic N) is 6. The summed E-state index contributed by atoms with van der Waals surface area (Å²) >= 11 is 0. The lowest BCUT2D eigenvalue weighted by molar-refractivity contribution is 0.202. The van der Waals surface area contributed by atoms with E-state index in [9.17, 15) is 0 Å². The van der Waals surface area contributed by atoms with E-state index < -0.39 is 0 Å². The summed E-state index contributed by atoms with van der Waals surface area (Å²) in [6.45, 7) is 7.28. The Morgan fingerprint density at radius 2 is 1.96 bits per heavy atom. The van der Waals surface area contributed by atoms with Crippen molar-refractivity contribution >= 4 is 0 Å². The quantitative estimate of drug-likeness (QED) is 0.734. The molecule has 1 aliphatic heterocycles. The molecule has 0 spiro atoms. The van der Waals surface area contributed by atoms with Gasteiger partial charge in [-0.1, -0.05) is 49.3 Å². The van der Waals surface area contributed by atoms with Gasteiger partial charge in [-0.05, 0) is 0 Å². The Bertz CT molecular complexity index is 823. The zero-order valence-corrected chi connectivity index (χ0v) is 13.9. The van der Waals surface area contributed by atoms with Crippen LogP contribution in [0.1, 0.15) is 37.3 Å². The summed E-state index contributed by atoms with van der Waals surface area (Å²) in [4.78, 5) is 6.72. The van der Waals surface area contributed by atoms with E-state index in [1.54, 1.807) is 0 Å². The molecule has 1 aliphatic rings. The van der Waals surface area contributed by atoms with Crippen LogP contribution in [0.4, 0.5) is 0 Å². The van der Waals surface area contributed by atoms with E-state index >= 15 is 0 Å². The molecule has 7 nitrogen and oxygen atoms in total. The highest BCUT2D eigenvalue weighted by molar-refractivity contribution is 5.55. The number of rotatable bonds is 4. The standard InChI is InChI=1S/C17H20N6O/c1-12(2)17-18-14(21-24-17)10-22-8-9-23-15(11-22)19-20-16(23)13-6-4-3-5-7-13/h3-7,12H,8-11H2,1-2H3. The summed E-state index contributed by atoms with van der Waals surface area (Å²) in [5, 5.41) is 12.8. The van der Waals surface area contributed by atoms with E-state index in [4.69, 9.17) is 4.52 Å². The molecule has 0 N–H and O–H groups in total. The largest absolute Gasteiger partial charge is 0.339 e. The highest BCUT2D eigenvalue weighted by Crippen LogP contribution is 2.22. The lowest BCUT2D eigenvalue weighted by Crippen LogP contribution is -2.33. The number of hydrogen-bond acceptors (Lipinski definition) is 6. The fourth-order valence-corrected chi connectivity index (χ4v) is 2.91. The van der Waals surface area contributed by atoms with E-state index in [-0.39, 0.29) is 5.92 Å². The van der Waals surface area contributed by atoms with Crippen molar-refractivity contribution in [2.45, 2.75) is 39.4 Å². The molecule has 0 amide bonds. The predicted molar refractivity (Wildman–Crippen MR) is 88.0 cm³/mol. The first-order valence-corrected chi connectivity index (χ1v) is 8.23. The van der Waals surface area contributed by atoms with Gasteiger partial charge in [0.1, 0.15) is 5.82 Å². The van der Waals surface area contributed by atoms with Crippen molar-refractivity contribution in [1.82, 2.24) is 29.8 Å². The molecular formula is C17H20N6O. The highest BCUT2D eigenvalue weighted by atomic mass is 16.5. The van der Waals surface area contributed by atoms with Gasteiger partial charge in [0.2, 0.25) is 5.89 Å². The monoisotopic (exact) mass is 324 g/mol. The van der Waals surface area contributed by atoms with E-state index in [1.165, 1.54) is 0 Å². The van der Waals surface area contributed by atoms with Crippen LogP contribution >= 0.6 is 0 Å². The minimum atomic E-state index is 0.254. The van der Waals surface area contributed by atoms with Crippen LogP contribution in [-0.2, 0) is 19.6 Å². The van der Waals surface area contributed by atoms with Gasteiger partial charge in [0.15, 0.2) is 11.6 Å². The second kappa shape index (κ2) is 6.16. The van der Waals surface area contributed by atoms with Gasteiger partial charge in [0.05, 0.1) is 13.1 Å². The van der Waals surface area contributed by atoms with E-state index in [0.29, 0.717) is 12.4 Å². The van der Waals surface area contributed by atoms with Gasteiger partial charge in [0, 0.05) is 24.6 Å². The summed E-state index contributed by atoms with van der Waals surface area (Å²) in [7, 11) is 0. The normalized spacial score (nSPS) is 15.0. The second-order valence-corrected chi connectivity index (χ2v) is 6.37. The maximum atomic E-state index is 5.28. The minimum absolute atomic E-state index is 0.254. The van der Waals surface area contributed by atoms with Gasteiger partial charge in [-0.25, -0.2) is 0 Å². The van der Waals surface area contributed by atoms with E-state index in [1.807, 2.05) is 32.0 Å². The second-order valence-electron chi connectivity index (χ2n) is 6.37. The summed E-state index contributed by atoms with van der Waals surface area (Å²) in [5.41, 5.74) is 1.10. The zero-order chi connectivity index (χ0) is 16.5. The topological polar surface area (TPSA) is 72.9 Å². The Kier molecular flexibility index (Phi) is 3.86. The SMILES string of the molecule is CC(C)c1nc(CN2CCn3c(nnc3-c3ccccc3)C2)no1. The average Bonchev–Trinajstić information content (AvgIpc) is 3.22. The smallest absolute Gasteiger partial charge is 0.229 e. The van der Waals surface area contributed by atoms with Crippen LogP contribution in [0, 0.1) is 0 Å². The first kappa shape index (κ1) is 15.0. The minimum Gasteiger partial charge on any atom is -0.339 e. The van der Waals surface area contributed by atoms with E-state index in [0.717, 1.165) is 42.7 Å². The summed E-state index contributed by atoms with van der Waals surface area (Å²) in [5.74, 6) is 3.59. The Balaban J connectivity index is 1.49. The van der Waals surface area contributed by atoms with Crippen molar-refractivity contribution in [1.29, 1.82) is 0 Å². The van der Waals surface area contributed by atoms with Crippen molar-refractivity contribution in [3.63, 3.8) is 0 Å². The molecule has 1 aromatic carbocycles. The third kappa shape index (κ3) is 2.82. The van der Waals surface area contributed by atoms with Crippen LogP contribution in [-0.4, -0.2) is 36.3 Å². The van der Waals surface area contributed by atoms with Crippen molar-refractivity contribution in [2.24, 2.45) is 0 Å². The van der Waals surface area contributed by atoms with Crippen LogP contribution in [0.3, 0.4) is 0 Å². The first-order valence-electron chi connectivity index (χ1n) is 8.23. The fourth-order valence-electron chi connectivity index (χ4n) is 2.91. The molecule has 0 aliphatic carbocycles. The molecule has 0 saturated carbocycles. The molecule has 0 atom stereocenters. The van der Waals surface area contributed by atoms with Crippen molar-refractivity contribution < 1.29 is 4.52 Å². The van der Waals surface area contributed by atoms with Crippen LogP contribution in [0.25, 0.3) is 11.4 Å². The number of hydrogen-bond donors (Lipinski definition) is 0. The van der Waals surface area contributed by atoms with Gasteiger partial charge < -0.3 is 9.09 Å². The van der Waals surface area contributed by atoms with Crippen molar-refractivity contribution in [3.05, 3.63) is 47.9 Å².